The van der Waals surface area contributed by atoms with Gasteiger partial charge < -0.3 is 10.4 Å². The van der Waals surface area contributed by atoms with E-state index in [1.165, 1.54) is 19.3 Å². The molecule has 0 unspecified atom stereocenters. The summed E-state index contributed by atoms with van der Waals surface area (Å²) in [4.78, 5) is 1.73. The van der Waals surface area contributed by atoms with E-state index < -0.39 is 6.43 Å². The lowest BCUT2D eigenvalue weighted by molar-refractivity contribution is 0.0368. The molecular formula is C15H30F2N2O. The van der Waals surface area contributed by atoms with Crippen LogP contribution in [0.4, 0.5) is 8.78 Å². The van der Waals surface area contributed by atoms with Gasteiger partial charge in [0.25, 0.3) is 6.43 Å². The molecule has 3 nitrogen and oxygen atoms in total. The van der Waals surface area contributed by atoms with Gasteiger partial charge in [-0.3, -0.25) is 4.90 Å². The van der Waals surface area contributed by atoms with Gasteiger partial charge in [-0.25, -0.2) is 8.78 Å². The Hall–Kier alpha value is -0.260. The molecule has 0 aromatic carbocycles. The fourth-order valence-electron chi connectivity index (χ4n) is 3.16. The van der Waals surface area contributed by atoms with E-state index >= 15 is 0 Å². The number of aliphatic hydroxyl groups is 1. The molecule has 0 radical (unpaired) electrons. The van der Waals surface area contributed by atoms with Crippen LogP contribution < -0.4 is 5.32 Å². The fourth-order valence-corrected chi connectivity index (χ4v) is 3.16. The number of hydrogen-bond donors (Lipinski definition) is 2. The first-order valence-electron chi connectivity index (χ1n) is 7.82. The average molecular weight is 292 g/mol. The van der Waals surface area contributed by atoms with E-state index in [2.05, 4.69) is 19.2 Å². The van der Waals surface area contributed by atoms with Crippen molar-refractivity contribution in [1.82, 2.24) is 10.2 Å². The Kier molecular flexibility index (Phi) is 7.92. The molecule has 2 N–H and O–H groups in total. The number of rotatable bonds is 9. The normalized spacial score (nSPS) is 19.2. The number of aliphatic hydroxyl groups excluding tert-OH is 1. The standard InChI is InChI=1S/C15H30F2N2O/c1-13(2)18-11-15(6-4-3-5-7-15)12-19(8-9-20)10-14(16)17/h13-14,18,20H,3-12H2,1-2H3. The molecule has 0 atom stereocenters. The lowest BCUT2D eigenvalue weighted by atomic mass is 9.73. The van der Waals surface area contributed by atoms with Crippen LogP contribution in [0.15, 0.2) is 0 Å². The molecule has 1 saturated carbocycles. The summed E-state index contributed by atoms with van der Waals surface area (Å²) in [6, 6.07) is 0.412. The maximum atomic E-state index is 12.7. The van der Waals surface area contributed by atoms with Gasteiger partial charge in [-0.05, 0) is 18.3 Å². The lowest BCUT2D eigenvalue weighted by Crippen LogP contribution is -2.48. The molecule has 0 bridgehead atoms. The van der Waals surface area contributed by atoms with Gasteiger partial charge >= 0.3 is 0 Å². The maximum absolute atomic E-state index is 12.7. The molecule has 1 fully saturated rings. The van der Waals surface area contributed by atoms with Crippen LogP contribution in [-0.2, 0) is 0 Å². The summed E-state index contributed by atoms with van der Waals surface area (Å²) >= 11 is 0. The van der Waals surface area contributed by atoms with Gasteiger partial charge in [-0.15, -0.1) is 0 Å². The highest BCUT2D eigenvalue weighted by Crippen LogP contribution is 2.36. The Labute approximate surface area is 121 Å². The highest BCUT2D eigenvalue weighted by molar-refractivity contribution is 4.88. The van der Waals surface area contributed by atoms with Crippen molar-refractivity contribution in [2.75, 3.05) is 32.8 Å². The van der Waals surface area contributed by atoms with Crippen molar-refractivity contribution in [2.45, 2.75) is 58.4 Å². The van der Waals surface area contributed by atoms with Crippen molar-refractivity contribution in [3.8, 4) is 0 Å². The number of nitrogens with one attached hydrogen (secondary N) is 1. The maximum Gasteiger partial charge on any atom is 0.251 e. The Morgan fingerprint density at radius 2 is 1.85 bits per heavy atom. The Bertz CT molecular complexity index is 256. The minimum Gasteiger partial charge on any atom is -0.395 e. The van der Waals surface area contributed by atoms with Crippen molar-refractivity contribution in [3.63, 3.8) is 0 Å². The van der Waals surface area contributed by atoms with Gasteiger partial charge in [0, 0.05) is 25.7 Å². The van der Waals surface area contributed by atoms with E-state index in [1.807, 2.05) is 0 Å². The van der Waals surface area contributed by atoms with E-state index in [0.29, 0.717) is 19.1 Å². The van der Waals surface area contributed by atoms with Crippen LogP contribution in [0.2, 0.25) is 0 Å². The summed E-state index contributed by atoms with van der Waals surface area (Å²) in [6.45, 7) is 5.83. The number of halogens is 2. The van der Waals surface area contributed by atoms with Gasteiger partial charge in [0.05, 0.1) is 13.2 Å². The summed E-state index contributed by atoms with van der Waals surface area (Å²) in [5.41, 5.74) is 0.0899. The quantitative estimate of drug-likeness (QED) is 0.685. The van der Waals surface area contributed by atoms with E-state index in [0.717, 1.165) is 19.4 Å². The molecular weight excluding hydrogens is 262 g/mol. The van der Waals surface area contributed by atoms with Gasteiger partial charge in [0.1, 0.15) is 0 Å². The first-order valence-corrected chi connectivity index (χ1v) is 7.82. The second kappa shape index (κ2) is 8.90. The summed E-state index contributed by atoms with van der Waals surface area (Å²) in [7, 11) is 0. The smallest absolute Gasteiger partial charge is 0.251 e. The third-order valence-corrected chi connectivity index (χ3v) is 4.17. The molecule has 120 valence electrons. The first-order chi connectivity index (χ1) is 9.47. The second-order valence-corrected chi connectivity index (χ2v) is 6.45. The Morgan fingerprint density at radius 3 is 2.35 bits per heavy atom. The zero-order valence-electron chi connectivity index (χ0n) is 12.9. The monoisotopic (exact) mass is 292 g/mol. The van der Waals surface area contributed by atoms with Crippen LogP contribution in [0.3, 0.4) is 0 Å². The third kappa shape index (κ3) is 6.46. The van der Waals surface area contributed by atoms with E-state index in [-0.39, 0.29) is 18.6 Å². The van der Waals surface area contributed by atoms with Crippen molar-refractivity contribution in [1.29, 1.82) is 0 Å². The van der Waals surface area contributed by atoms with Crippen LogP contribution in [-0.4, -0.2) is 55.3 Å². The number of alkyl halides is 2. The minimum absolute atomic E-state index is 0.0551. The van der Waals surface area contributed by atoms with Crippen LogP contribution >= 0.6 is 0 Å². The van der Waals surface area contributed by atoms with Gasteiger partial charge in [0.2, 0.25) is 0 Å². The van der Waals surface area contributed by atoms with Crippen molar-refractivity contribution in [3.05, 3.63) is 0 Å². The molecule has 0 aromatic rings. The number of nitrogens with zero attached hydrogens (tertiary/aromatic N) is 1. The molecule has 5 heteroatoms. The summed E-state index contributed by atoms with van der Waals surface area (Å²) in [5.74, 6) is 0. The molecule has 1 rings (SSSR count). The molecule has 0 spiro atoms. The van der Waals surface area contributed by atoms with E-state index in [4.69, 9.17) is 5.11 Å². The molecule has 1 aliphatic carbocycles. The Balaban J connectivity index is 2.64. The largest absolute Gasteiger partial charge is 0.395 e. The van der Waals surface area contributed by atoms with Gasteiger partial charge in [-0.1, -0.05) is 33.1 Å². The second-order valence-electron chi connectivity index (χ2n) is 6.45. The zero-order chi connectivity index (χ0) is 15.0. The van der Waals surface area contributed by atoms with Crippen molar-refractivity contribution in [2.24, 2.45) is 5.41 Å². The van der Waals surface area contributed by atoms with Gasteiger partial charge in [0.15, 0.2) is 0 Å². The highest BCUT2D eigenvalue weighted by atomic mass is 19.3. The highest BCUT2D eigenvalue weighted by Gasteiger charge is 2.34. The van der Waals surface area contributed by atoms with Crippen LogP contribution in [0.25, 0.3) is 0 Å². The fraction of sp³-hybridized carbons (Fsp3) is 1.00. The minimum atomic E-state index is -2.33. The topological polar surface area (TPSA) is 35.5 Å². The van der Waals surface area contributed by atoms with E-state index in [9.17, 15) is 8.78 Å². The molecule has 0 heterocycles. The molecule has 20 heavy (non-hydrogen) atoms. The van der Waals surface area contributed by atoms with E-state index in [1.54, 1.807) is 4.90 Å². The third-order valence-electron chi connectivity index (χ3n) is 4.17. The molecule has 1 aliphatic rings. The average Bonchev–Trinajstić information content (AvgIpc) is 2.37. The zero-order valence-corrected chi connectivity index (χ0v) is 12.9. The predicted octanol–water partition coefficient (Wildman–Crippen LogP) is 2.49. The van der Waals surface area contributed by atoms with Gasteiger partial charge in [-0.2, -0.15) is 0 Å². The summed E-state index contributed by atoms with van der Waals surface area (Å²) < 4.78 is 25.3. The lowest BCUT2D eigenvalue weighted by Gasteiger charge is -2.42. The predicted molar refractivity (Wildman–Crippen MR) is 78.2 cm³/mol. The molecule has 0 aliphatic heterocycles. The van der Waals surface area contributed by atoms with Crippen LogP contribution in [0.1, 0.15) is 46.0 Å². The van der Waals surface area contributed by atoms with Crippen LogP contribution in [0.5, 0.6) is 0 Å². The van der Waals surface area contributed by atoms with Crippen LogP contribution in [0, 0.1) is 5.41 Å². The molecule has 0 saturated heterocycles. The Morgan fingerprint density at radius 1 is 1.20 bits per heavy atom. The van der Waals surface area contributed by atoms with Crippen molar-refractivity contribution < 1.29 is 13.9 Å². The molecule has 0 amide bonds. The first kappa shape index (κ1) is 17.8. The summed E-state index contributed by atoms with van der Waals surface area (Å²) in [5, 5.41) is 12.6. The summed E-state index contributed by atoms with van der Waals surface area (Å²) in [6.07, 6.45) is 3.47. The molecule has 0 aromatic heterocycles. The van der Waals surface area contributed by atoms with Crippen molar-refractivity contribution >= 4 is 0 Å². The SMILES string of the molecule is CC(C)NCC1(CN(CCO)CC(F)F)CCCCC1. The number of hydrogen-bond acceptors (Lipinski definition) is 3.